The fourth-order valence-corrected chi connectivity index (χ4v) is 0.907. The van der Waals surface area contributed by atoms with Crippen molar-refractivity contribution < 1.29 is 78.2 Å². The van der Waals surface area contributed by atoms with Crippen molar-refractivity contribution in [1.29, 1.82) is 0 Å². The molecule has 102 valence electrons. The van der Waals surface area contributed by atoms with Crippen LogP contribution < -0.4 is 5.73 Å². The molecule has 0 aliphatic heterocycles. The van der Waals surface area contributed by atoms with E-state index in [2.05, 4.69) is 4.74 Å². The van der Waals surface area contributed by atoms with E-state index in [9.17, 15) is 24.3 Å². The van der Waals surface area contributed by atoms with Crippen molar-refractivity contribution in [2.24, 2.45) is 5.73 Å². The first kappa shape index (κ1) is 28.4. The Morgan fingerprint density at radius 3 is 1.75 bits per heavy atom. The van der Waals surface area contributed by atoms with Crippen molar-refractivity contribution in [3.05, 3.63) is 0 Å². The molecule has 20 heavy (non-hydrogen) atoms. The molecule has 0 radical (unpaired) electrons. The molecule has 0 rings (SSSR count). The molecule has 1 unspecified atom stereocenters. The molecule has 0 bridgehead atoms. The second-order valence-corrected chi connectivity index (χ2v) is 3.13. The summed E-state index contributed by atoms with van der Waals surface area (Å²) in [6, 6.07) is 0. The molecule has 0 aromatic heterocycles. The van der Waals surface area contributed by atoms with Gasteiger partial charge in [0.15, 0.2) is 5.60 Å². The van der Waals surface area contributed by atoms with Crippen LogP contribution in [0.2, 0.25) is 0 Å². The van der Waals surface area contributed by atoms with Gasteiger partial charge in [-0.25, -0.2) is 4.79 Å². The number of carboxylic acid groups (broad SMARTS) is 2. The van der Waals surface area contributed by atoms with Crippen LogP contribution in [0.3, 0.4) is 0 Å². The number of aliphatic carboxylic acids is 2. The van der Waals surface area contributed by atoms with Crippen molar-refractivity contribution in [2.45, 2.75) is 18.4 Å². The Kier molecular flexibility index (Phi) is 18.4. The van der Waals surface area contributed by atoms with Crippen molar-refractivity contribution >= 4 is 53.4 Å². The van der Waals surface area contributed by atoms with Gasteiger partial charge in [-0.2, -0.15) is 0 Å². The van der Waals surface area contributed by atoms with E-state index >= 15 is 0 Å². The van der Waals surface area contributed by atoms with E-state index in [0.29, 0.717) is 0 Å². The molecule has 9 nitrogen and oxygen atoms in total. The number of carboxylic acids is 2. The average Bonchev–Trinajstić information content (AvgIpc) is 2.15. The third-order valence-corrected chi connectivity index (χ3v) is 1.67. The smallest absolute Gasteiger partial charge is 0 e. The molecular weight excluding hydrogens is 392 g/mol. The Balaban J connectivity index is -0.000000427. The minimum Gasteiger partial charge on any atom is 0 e. The molecular formula is C8H12NNaO8Zn2. The van der Waals surface area contributed by atoms with E-state index in [1.807, 2.05) is 0 Å². The first-order valence-electron chi connectivity index (χ1n) is 4.32. The number of ether oxygens (including phenoxy) is 1. The second kappa shape index (κ2) is 12.9. The van der Waals surface area contributed by atoms with Gasteiger partial charge in [0.05, 0.1) is 19.4 Å². The Morgan fingerprint density at radius 2 is 1.45 bits per heavy atom. The maximum Gasteiger partial charge on any atom is 0 e. The molecule has 0 fully saturated rings. The summed E-state index contributed by atoms with van der Waals surface area (Å²) in [6.45, 7) is -0.601. The zero-order chi connectivity index (χ0) is 13.6. The van der Waals surface area contributed by atoms with Crippen molar-refractivity contribution in [3.8, 4) is 0 Å². The minimum atomic E-state index is -2.82. The number of aliphatic hydroxyl groups is 1. The molecule has 0 heterocycles. The molecule has 0 aromatic rings. The van der Waals surface area contributed by atoms with E-state index in [4.69, 9.17) is 15.9 Å². The van der Waals surface area contributed by atoms with Gasteiger partial charge in [0.1, 0.15) is 0 Å². The predicted molar refractivity (Wildman–Crippen MR) is 56.8 cm³/mol. The van der Waals surface area contributed by atoms with Gasteiger partial charge < -0.3 is 25.8 Å². The van der Waals surface area contributed by atoms with Crippen LogP contribution in [0.1, 0.15) is 12.8 Å². The van der Waals surface area contributed by atoms with Gasteiger partial charge in [0.25, 0.3) is 0 Å². The zero-order valence-corrected chi connectivity index (χ0v) is 15.9. The molecule has 0 aromatic carbocycles. The third-order valence-electron chi connectivity index (χ3n) is 1.67. The molecule has 12 heteroatoms. The summed E-state index contributed by atoms with van der Waals surface area (Å²) >= 11 is 0. The van der Waals surface area contributed by atoms with E-state index in [-0.39, 0.29) is 68.5 Å². The van der Waals surface area contributed by atoms with Gasteiger partial charge >= 0.3 is 53.4 Å². The fourth-order valence-electron chi connectivity index (χ4n) is 0.907. The van der Waals surface area contributed by atoms with Crippen LogP contribution in [0.5, 0.6) is 0 Å². The standard InChI is InChI=1S/C8H11NO8.Na.2Zn.H/c9-3-6(13)17-5(12)2-8(16,7(14)15)1-4(10)11;;;;/h16H,1-3,9H2,(H,10,11)(H,14,15);;;;. The minimum absolute atomic E-state index is 0. The van der Waals surface area contributed by atoms with Gasteiger partial charge in [0.2, 0.25) is 0 Å². The first-order chi connectivity index (χ1) is 7.71. The molecule has 0 spiro atoms. The number of hydrogen-bond donors (Lipinski definition) is 4. The number of hydrogen-bond acceptors (Lipinski definition) is 7. The van der Waals surface area contributed by atoms with E-state index in [1.54, 1.807) is 0 Å². The van der Waals surface area contributed by atoms with Gasteiger partial charge in [-0.3, -0.25) is 14.4 Å². The van der Waals surface area contributed by atoms with Crippen LogP contribution >= 0.6 is 0 Å². The normalized spacial score (nSPS) is 11.5. The summed E-state index contributed by atoms with van der Waals surface area (Å²) in [4.78, 5) is 42.5. The maximum atomic E-state index is 11.0. The zero-order valence-electron chi connectivity index (χ0n) is 10.00. The SMILES string of the molecule is NCC(=O)OC(=O)CC(O)(CC(=O)O)C(=O)O.[NaH].[Zn].[Zn]. The molecule has 0 aliphatic carbocycles. The fraction of sp³-hybridized carbons (Fsp3) is 0.500. The van der Waals surface area contributed by atoms with Crippen LogP contribution in [0.15, 0.2) is 0 Å². The molecule has 0 saturated carbocycles. The number of carbonyl (C=O) groups is 4. The molecule has 0 aliphatic rings. The summed E-state index contributed by atoms with van der Waals surface area (Å²) in [5.74, 6) is -6.01. The van der Waals surface area contributed by atoms with Crippen molar-refractivity contribution in [3.63, 3.8) is 0 Å². The number of nitrogens with two attached hydrogens (primary N) is 1. The quantitative estimate of drug-likeness (QED) is 0.206. The summed E-state index contributed by atoms with van der Waals surface area (Å²) < 4.78 is 4.01. The van der Waals surface area contributed by atoms with Gasteiger partial charge in [-0.1, -0.05) is 0 Å². The largest absolute Gasteiger partial charge is 0 e. The maximum absolute atomic E-state index is 11.0. The van der Waals surface area contributed by atoms with E-state index in [0.717, 1.165) is 0 Å². The second-order valence-electron chi connectivity index (χ2n) is 3.13. The summed E-state index contributed by atoms with van der Waals surface area (Å²) in [7, 11) is 0. The Hall–Kier alpha value is 0.247. The predicted octanol–water partition coefficient (Wildman–Crippen LogP) is -2.96. The van der Waals surface area contributed by atoms with Crippen LogP contribution in [-0.2, 0) is 62.9 Å². The Morgan fingerprint density at radius 1 is 1.00 bits per heavy atom. The number of esters is 2. The Labute approximate surface area is 161 Å². The van der Waals surface area contributed by atoms with E-state index < -0.39 is 48.9 Å². The summed E-state index contributed by atoms with van der Waals surface area (Å²) in [5, 5.41) is 26.4. The number of rotatable bonds is 6. The molecule has 0 saturated heterocycles. The van der Waals surface area contributed by atoms with Gasteiger partial charge in [-0.15, -0.1) is 0 Å². The Bertz CT molecular complexity index is 366. The van der Waals surface area contributed by atoms with Crippen molar-refractivity contribution in [2.75, 3.05) is 6.54 Å². The van der Waals surface area contributed by atoms with Gasteiger partial charge in [0, 0.05) is 39.0 Å². The van der Waals surface area contributed by atoms with Crippen molar-refractivity contribution in [1.82, 2.24) is 0 Å². The monoisotopic (exact) mass is 401 g/mol. The first-order valence-corrected chi connectivity index (χ1v) is 4.32. The van der Waals surface area contributed by atoms with Crippen LogP contribution in [0.25, 0.3) is 0 Å². The average molecular weight is 404 g/mol. The van der Waals surface area contributed by atoms with Crippen LogP contribution in [0.4, 0.5) is 0 Å². The topological polar surface area (TPSA) is 164 Å². The molecule has 1 atom stereocenters. The van der Waals surface area contributed by atoms with E-state index in [1.165, 1.54) is 0 Å². The van der Waals surface area contributed by atoms with Gasteiger partial charge in [-0.05, 0) is 0 Å². The van der Waals surface area contributed by atoms with Crippen LogP contribution in [0, 0.1) is 0 Å². The number of carbonyl (C=O) groups excluding carboxylic acids is 2. The molecule has 5 N–H and O–H groups in total. The summed E-state index contributed by atoms with van der Waals surface area (Å²) in [6.07, 6.45) is -2.37. The van der Waals surface area contributed by atoms with Crippen LogP contribution in [-0.4, -0.2) is 80.9 Å². The summed E-state index contributed by atoms with van der Waals surface area (Å²) in [5.41, 5.74) is 2.00. The third kappa shape index (κ3) is 11.0. The molecule has 0 amide bonds.